The molecule has 7 heteroatoms. The summed E-state index contributed by atoms with van der Waals surface area (Å²) in [5, 5.41) is 1.98. The molecule has 0 bridgehead atoms. The van der Waals surface area contributed by atoms with Crippen molar-refractivity contribution >= 4 is 28.7 Å². The van der Waals surface area contributed by atoms with Crippen molar-refractivity contribution in [1.29, 1.82) is 0 Å². The number of anilines is 1. The molecular weight excluding hydrogens is 346 g/mol. The number of H-pyrrole nitrogens is 1. The Morgan fingerprint density at radius 3 is 2.96 bits per heavy atom. The Labute approximate surface area is 157 Å². The molecule has 2 N–H and O–H groups in total. The molecule has 26 heavy (non-hydrogen) atoms. The summed E-state index contributed by atoms with van der Waals surface area (Å²) in [6, 6.07) is 4.31. The van der Waals surface area contributed by atoms with E-state index in [-0.39, 0.29) is 0 Å². The second kappa shape index (κ2) is 6.04. The highest BCUT2D eigenvalue weighted by Gasteiger charge is 2.40. The molecule has 2 aliphatic carbocycles. The van der Waals surface area contributed by atoms with E-state index in [0.717, 1.165) is 35.8 Å². The second-order valence-electron chi connectivity index (χ2n) is 8.12. The third-order valence-electron chi connectivity index (χ3n) is 6.30. The summed E-state index contributed by atoms with van der Waals surface area (Å²) in [5.74, 6) is 0.934. The van der Waals surface area contributed by atoms with Gasteiger partial charge in [0, 0.05) is 48.0 Å². The minimum Gasteiger partial charge on any atom is -0.488 e. The highest BCUT2D eigenvalue weighted by Crippen LogP contribution is 2.42. The van der Waals surface area contributed by atoms with E-state index in [0.29, 0.717) is 12.1 Å². The smallest absolute Gasteiger partial charge is 0.161 e. The third kappa shape index (κ3) is 2.60. The van der Waals surface area contributed by atoms with Gasteiger partial charge in [0.1, 0.15) is 12.3 Å². The van der Waals surface area contributed by atoms with E-state index in [1.165, 1.54) is 49.8 Å². The van der Waals surface area contributed by atoms with E-state index in [9.17, 15) is 0 Å². The standard InChI is InChI=1S/C19H25N5OS/c1-2-13(1)23-10-15(11-23)26-22-12-7-14(8-12)24-5-6-25-17-9-21-19-16(18(17)24)3-4-20-19/h3-4,9,12-15,22H,1-2,5-8,10-11H2,(H,20,21). The largest absolute Gasteiger partial charge is 0.488 e. The van der Waals surface area contributed by atoms with Gasteiger partial charge in [0.25, 0.3) is 0 Å². The monoisotopic (exact) mass is 371 g/mol. The van der Waals surface area contributed by atoms with Crippen molar-refractivity contribution in [3.05, 3.63) is 18.5 Å². The van der Waals surface area contributed by atoms with Gasteiger partial charge in [-0.2, -0.15) is 0 Å². The summed E-state index contributed by atoms with van der Waals surface area (Å²) in [6.07, 6.45) is 9.14. The number of rotatable bonds is 5. The van der Waals surface area contributed by atoms with Crippen LogP contribution in [-0.2, 0) is 0 Å². The van der Waals surface area contributed by atoms with Crippen LogP contribution < -0.4 is 14.4 Å². The number of pyridine rings is 1. The summed E-state index contributed by atoms with van der Waals surface area (Å²) < 4.78 is 9.61. The minimum absolute atomic E-state index is 0.612. The van der Waals surface area contributed by atoms with Crippen LogP contribution in [0.25, 0.3) is 11.0 Å². The topological polar surface area (TPSA) is 56.4 Å². The molecule has 0 amide bonds. The maximum atomic E-state index is 5.87. The Morgan fingerprint density at radius 2 is 2.12 bits per heavy atom. The van der Waals surface area contributed by atoms with E-state index in [1.54, 1.807) is 0 Å². The summed E-state index contributed by atoms with van der Waals surface area (Å²) >= 11 is 1.98. The molecule has 2 aromatic rings. The summed E-state index contributed by atoms with van der Waals surface area (Å²) in [4.78, 5) is 12.9. The van der Waals surface area contributed by atoms with E-state index in [2.05, 4.69) is 30.6 Å². The van der Waals surface area contributed by atoms with Crippen molar-refractivity contribution in [2.24, 2.45) is 0 Å². The highest BCUT2D eigenvalue weighted by atomic mass is 32.2. The van der Waals surface area contributed by atoms with Crippen LogP contribution in [0.2, 0.25) is 0 Å². The maximum Gasteiger partial charge on any atom is 0.161 e. The Kier molecular flexibility index (Phi) is 3.62. The molecule has 0 spiro atoms. The fourth-order valence-corrected chi connectivity index (χ4v) is 5.63. The van der Waals surface area contributed by atoms with E-state index in [4.69, 9.17) is 4.74 Å². The molecule has 4 aliphatic rings. The first-order valence-electron chi connectivity index (χ1n) is 9.86. The molecule has 2 aliphatic heterocycles. The van der Waals surface area contributed by atoms with Crippen molar-refractivity contribution in [2.45, 2.75) is 49.1 Å². The molecule has 4 heterocycles. The lowest BCUT2D eigenvalue weighted by Gasteiger charge is -2.47. The van der Waals surface area contributed by atoms with Gasteiger partial charge in [-0.15, -0.1) is 0 Å². The number of likely N-dealkylation sites (tertiary alicyclic amines) is 1. The molecule has 3 fully saturated rings. The summed E-state index contributed by atoms with van der Waals surface area (Å²) in [6.45, 7) is 4.30. The predicted octanol–water partition coefficient (Wildman–Crippen LogP) is 2.38. The van der Waals surface area contributed by atoms with Gasteiger partial charge in [-0.1, -0.05) is 11.9 Å². The molecule has 1 saturated heterocycles. The molecule has 2 saturated carbocycles. The quantitative estimate of drug-likeness (QED) is 0.787. The fraction of sp³-hybridized carbons (Fsp3) is 0.632. The second-order valence-corrected chi connectivity index (χ2v) is 9.26. The van der Waals surface area contributed by atoms with Crippen LogP contribution in [0.3, 0.4) is 0 Å². The van der Waals surface area contributed by atoms with E-state index in [1.807, 2.05) is 24.3 Å². The van der Waals surface area contributed by atoms with Crippen LogP contribution in [-0.4, -0.2) is 64.5 Å². The Hall–Kier alpha value is -1.44. The number of hydrogen-bond acceptors (Lipinski definition) is 6. The van der Waals surface area contributed by atoms with E-state index >= 15 is 0 Å². The van der Waals surface area contributed by atoms with Crippen LogP contribution in [0, 0.1) is 0 Å². The van der Waals surface area contributed by atoms with Crippen LogP contribution in [0.15, 0.2) is 18.5 Å². The predicted molar refractivity (Wildman–Crippen MR) is 105 cm³/mol. The number of nitrogens with zero attached hydrogens (tertiary/aromatic N) is 3. The molecule has 0 unspecified atom stereocenters. The fourth-order valence-electron chi connectivity index (χ4n) is 4.52. The van der Waals surface area contributed by atoms with Crippen LogP contribution in [0.5, 0.6) is 5.75 Å². The van der Waals surface area contributed by atoms with Gasteiger partial charge in [0.15, 0.2) is 5.75 Å². The minimum atomic E-state index is 0.612. The number of aromatic amines is 1. The van der Waals surface area contributed by atoms with Crippen LogP contribution >= 0.6 is 11.9 Å². The molecule has 6 nitrogen and oxygen atoms in total. The molecule has 6 rings (SSSR count). The summed E-state index contributed by atoms with van der Waals surface area (Å²) in [7, 11) is 0. The number of nitrogens with one attached hydrogen (secondary N) is 2. The zero-order valence-electron chi connectivity index (χ0n) is 14.9. The first kappa shape index (κ1) is 15.6. The number of hydrogen-bond donors (Lipinski definition) is 2. The maximum absolute atomic E-state index is 5.87. The summed E-state index contributed by atoms with van der Waals surface area (Å²) in [5.41, 5.74) is 2.19. The lowest BCUT2D eigenvalue weighted by molar-refractivity contribution is 0.179. The van der Waals surface area contributed by atoms with Gasteiger partial charge in [-0.05, 0) is 31.7 Å². The average Bonchev–Trinajstić information content (AvgIpc) is 3.29. The van der Waals surface area contributed by atoms with Crippen molar-refractivity contribution in [2.75, 3.05) is 31.1 Å². The van der Waals surface area contributed by atoms with Crippen molar-refractivity contribution in [3.8, 4) is 5.75 Å². The molecule has 0 atom stereocenters. The molecule has 0 radical (unpaired) electrons. The zero-order valence-corrected chi connectivity index (χ0v) is 15.7. The zero-order chi connectivity index (χ0) is 17.1. The van der Waals surface area contributed by atoms with Gasteiger partial charge in [0.2, 0.25) is 0 Å². The van der Waals surface area contributed by atoms with Crippen LogP contribution in [0.1, 0.15) is 25.7 Å². The normalized spacial score (nSPS) is 29.2. The van der Waals surface area contributed by atoms with Gasteiger partial charge in [-0.3, -0.25) is 9.62 Å². The number of aromatic nitrogens is 2. The molecule has 2 aromatic heterocycles. The Balaban J connectivity index is 1.07. The van der Waals surface area contributed by atoms with E-state index < -0.39 is 0 Å². The van der Waals surface area contributed by atoms with Crippen LogP contribution in [0.4, 0.5) is 5.69 Å². The molecule has 138 valence electrons. The van der Waals surface area contributed by atoms with Crippen molar-refractivity contribution in [1.82, 2.24) is 19.6 Å². The Bertz CT molecular complexity index is 809. The van der Waals surface area contributed by atoms with Gasteiger partial charge in [0.05, 0.1) is 18.4 Å². The average molecular weight is 372 g/mol. The van der Waals surface area contributed by atoms with Gasteiger partial charge < -0.3 is 14.6 Å². The number of fused-ring (bicyclic) bond motifs is 3. The lowest BCUT2D eigenvalue weighted by atomic mass is 9.85. The van der Waals surface area contributed by atoms with Gasteiger partial charge in [-0.25, -0.2) is 4.98 Å². The van der Waals surface area contributed by atoms with Crippen molar-refractivity contribution in [3.63, 3.8) is 0 Å². The highest BCUT2D eigenvalue weighted by molar-refractivity contribution is 7.98. The third-order valence-corrected chi connectivity index (χ3v) is 7.40. The Morgan fingerprint density at radius 1 is 1.23 bits per heavy atom. The SMILES string of the molecule is c1cc2c3c(cnc2[nH]1)OCCN3C1CC(NSC2CN(C3CC3)C2)C1. The first-order valence-corrected chi connectivity index (χ1v) is 10.7. The number of ether oxygens (including phenoxy) is 1. The lowest BCUT2D eigenvalue weighted by Crippen LogP contribution is -2.55. The first-order chi connectivity index (χ1) is 12.8. The van der Waals surface area contributed by atoms with Gasteiger partial charge >= 0.3 is 0 Å². The molecule has 0 aromatic carbocycles. The molecular formula is C19H25N5OS. The van der Waals surface area contributed by atoms with Crippen molar-refractivity contribution < 1.29 is 4.74 Å².